The fraction of sp³-hybridized carbons (Fsp3) is 0.632. The summed E-state index contributed by atoms with van der Waals surface area (Å²) in [6, 6.07) is 1.88. The highest BCUT2D eigenvalue weighted by Gasteiger charge is 2.48. The van der Waals surface area contributed by atoms with Crippen molar-refractivity contribution in [1.29, 1.82) is 0 Å². The van der Waals surface area contributed by atoms with Crippen molar-refractivity contribution >= 4 is 11.8 Å². The average Bonchev–Trinajstić information content (AvgIpc) is 2.91. The molecule has 2 fully saturated rings. The molecule has 1 N–H and O–H groups in total. The second-order valence-corrected chi connectivity index (χ2v) is 7.43. The van der Waals surface area contributed by atoms with E-state index in [-0.39, 0.29) is 17.2 Å². The number of aryl methyl sites for hydroxylation is 1. The van der Waals surface area contributed by atoms with Gasteiger partial charge in [-0.25, -0.2) is 0 Å². The summed E-state index contributed by atoms with van der Waals surface area (Å²) in [6.07, 6.45) is 9.45. The Labute approximate surface area is 143 Å². The second-order valence-electron chi connectivity index (χ2n) is 7.43. The lowest BCUT2D eigenvalue weighted by Crippen LogP contribution is -2.39. The molecule has 24 heavy (non-hydrogen) atoms. The Hall–Kier alpha value is -1.91. The van der Waals surface area contributed by atoms with Crippen molar-refractivity contribution in [3.05, 3.63) is 29.6 Å². The van der Waals surface area contributed by atoms with Crippen molar-refractivity contribution in [2.45, 2.75) is 46.0 Å². The molecule has 0 aromatic carbocycles. The Balaban J connectivity index is 1.79. The van der Waals surface area contributed by atoms with Crippen LogP contribution in [0.5, 0.6) is 0 Å². The Morgan fingerprint density at radius 2 is 2.08 bits per heavy atom. The molecule has 2 amide bonds. The third kappa shape index (κ3) is 3.30. The fourth-order valence-corrected chi connectivity index (χ4v) is 4.42. The summed E-state index contributed by atoms with van der Waals surface area (Å²) >= 11 is 0. The van der Waals surface area contributed by atoms with Crippen molar-refractivity contribution in [1.82, 2.24) is 15.2 Å². The fourth-order valence-electron chi connectivity index (χ4n) is 4.42. The Kier molecular flexibility index (Phi) is 4.88. The zero-order valence-corrected chi connectivity index (χ0v) is 14.7. The number of nitrogens with zero attached hydrogens (tertiary/aromatic N) is 2. The van der Waals surface area contributed by atoms with Gasteiger partial charge in [-0.05, 0) is 36.8 Å². The van der Waals surface area contributed by atoms with E-state index in [9.17, 15) is 9.59 Å². The molecular weight excluding hydrogens is 302 g/mol. The van der Waals surface area contributed by atoms with Crippen LogP contribution in [0, 0.1) is 18.3 Å². The van der Waals surface area contributed by atoms with Crippen molar-refractivity contribution in [2.24, 2.45) is 11.3 Å². The summed E-state index contributed by atoms with van der Waals surface area (Å²) in [5, 5.41) is 2.98. The summed E-state index contributed by atoms with van der Waals surface area (Å²) in [5.41, 5.74) is 1.84. The number of carbonyl (C=O) groups excluding carboxylic acids is 2. The maximum Gasteiger partial charge on any atom is 0.255 e. The molecule has 1 saturated carbocycles. The van der Waals surface area contributed by atoms with Crippen molar-refractivity contribution in [3.8, 4) is 0 Å². The molecule has 2 aliphatic rings. The van der Waals surface area contributed by atoms with Crippen molar-refractivity contribution in [3.63, 3.8) is 0 Å². The van der Waals surface area contributed by atoms with Gasteiger partial charge in [0.1, 0.15) is 0 Å². The van der Waals surface area contributed by atoms with E-state index in [4.69, 9.17) is 0 Å². The molecule has 1 aromatic rings. The molecule has 1 unspecified atom stereocenters. The van der Waals surface area contributed by atoms with Gasteiger partial charge in [-0.1, -0.05) is 19.3 Å². The molecule has 1 spiro atoms. The Morgan fingerprint density at radius 3 is 2.75 bits per heavy atom. The molecule has 1 atom stereocenters. The van der Waals surface area contributed by atoms with E-state index in [0.29, 0.717) is 18.0 Å². The van der Waals surface area contributed by atoms with Gasteiger partial charge < -0.3 is 10.2 Å². The maximum atomic E-state index is 13.0. The number of hydrogen-bond acceptors (Lipinski definition) is 3. The van der Waals surface area contributed by atoms with Crippen molar-refractivity contribution < 1.29 is 9.59 Å². The summed E-state index contributed by atoms with van der Waals surface area (Å²) in [6.45, 7) is 5.73. The van der Waals surface area contributed by atoms with Crippen LogP contribution in [-0.4, -0.2) is 41.3 Å². The van der Waals surface area contributed by atoms with E-state index >= 15 is 0 Å². The third-order valence-corrected chi connectivity index (χ3v) is 5.82. The van der Waals surface area contributed by atoms with E-state index in [1.54, 1.807) is 19.3 Å². The van der Waals surface area contributed by atoms with Gasteiger partial charge in [-0.15, -0.1) is 0 Å². The van der Waals surface area contributed by atoms with Crippen LogP contribution < -0.4 is 5.32 Å². The third-order valence-electron chi connectivity index (χ3n) is 5.82. The molecule has 1 aliphatic heterocycles. The quantitative estimate of drug-likeness (QED) is 0.927. The zero-order valence-electron chi connectivity index (χ0n) is 14.7. The Morgan fingerprint density at radius 1 is 1.33 bits per heavy atom. The first-order valence-corrected chi connectivity index (χ1v) is 8.96. The monoisotopic (exact) mass is 329 g/mol. The number of pyridine rings is 1. The van der Waals surface area contributed by atoms with Gasteiger partial charge in [-0.3, -0.25) is 14.6 Å². The maximum absolute atomic E-state index is 13.0. The van der Waals surface area contributed by atoms with E-state index in [1.807, 2.05) is 17.9 Å². The Bertz CT molecular complexity index is 623. The van der Waals surface area contributed by atoms with Gasteiger partial charge in [0.05, 0.1) is 5.56 Å². The normalized spacial score (nSPS) is 22.6. The van der Waals surface area contributed by atoms with E-state index in [0.717, 1.165) is 31.5 Å². The van der Waals surface area contributed by atoms with Gasteiger partial charge in [0, 0.05) is 44.9 Å². The first-order chi connectivity index (χ1) is 11.5. The molecular formula is C19H27N3O2. The SMILES string of the molecule is CC(=O)NCC1CN(C(=O)c2cnccc2C)CC12CCCCC2. The van der Waals surface area contributed by atoms with Gasteiger partial charge >= 0.3 is 0 Å². The van der Waals surface area contributed by atoms with Crippen LogP contribution in [0.3, 0.4) is 0 Å². The van der Waals surface area contributed by atoms with Gasteiger partial charge in [0.2, 0.25) is 5.91 Å². The molecule has 5 nitrogen and oxygen atoms in total. The number of carbonyl (C=O) groups is 2. The number of nitrogens with one attached hydrogen (secondary N) is 1. The van der Waals surface area contributed by atoms with Crippen molar-refractivity contribution in [2.75, 3.05) is 19.6 Å². The molecule has 1 aliphatic carbocycles. The number of likely N-dealkylation sites (tertiary alicyclic amines) is 1. The molecule has 0 bridgehead atoms. The lowest BCUT2D eigenvalue weighted by molar-refractivity contribution is -0.119. The van der Waals surface area contributed by atoms with Crippen LogP contribution in [0.2, 0.25) is 0 Å². The standard InChI is InChI=1S/C19H27N3O2/c1-14-6-9-20-11-17(14)18(24)22-12-16(10-21-15(2)23)19(13-22)7-4-3-5-8-19/h6,9,11,16H,3-5,7-8,10,12-13H2,1-2H3,(H,21,23). The van der Waals surface area contributed by atoms with E-state index in [1.165, 1.54) is 19.3 Å². The highest BCUT2D eigenvalue weighted by Crippen LogP contribution is 2.47. The largest absolute Gasteiger partial charge is 0.356 e. The first-order valence-electron chi connectivity index (χ1n) is 8.96. The van der Waals surface area contributed by atoms with E-state index < -0.39 is 0 Å². The van der Waals surface area contributed by atoms with Crippen LogP contribution in [0.4, 0.5) is 0 Å². The van der Waals surface area contributed by atoms with E-state index in [2.05, 4.69) is 10.3 Å². The van der Waals surface area contributed by atoms with Crippen LogP contribution in [0.15, 0.2) is 18.5 Å². The summed E-state index contributed by atoms with van der Waals surface area (Å²) in [5.74, 6) is 0.437. The minimum absolute atomic E-state index is 0.00818. The van der Waals surface area contributed by atoms with Gasteiger partial charge in [0.15, 0.2) is 0 Å². The zero-order chi connectivity index (χ0) is 17.2. The molecule has 0 radical (unpaired) electrons. The average molecular weight is 329 g/mol. The number of rotatable bonds is 3. The number of hydrogen-bond donors (Lipinski definition) is 1. The first kappa shape index (κ1) is 16.9. The molecule has 130 valence electrons. The van der Waals surface area contributed by atoms with Gasteiger partial charge in [-0.2, -0.15) is 0 Å². The molecule has 1 aromatic heterocycles. The summed E-state index contributed by atoms with van der Waals surface area (Å²) in [4.78, 5) is 30.4. The van der Waals surface area contributed by atoms with Crippen LogP contribution in [0.25, 0.3) is 0 Å². The summed E-state index contributed by atoms with van der Waals surface area (Å²) in [7, 11) is 0. The molecule has 5 heteroatoms. The summed E-state index contributed by atoms with van der Waals surface area (Å²) < 4.78 is 0. The van der Waals surface area contributed by atoms with Gasteiger partial charge in [0.25, 0.3) is 5.91 Å². The van der Waals surface area contributed by atoms with Crippen LogP contribution in [0.1, 0.15) is 54.9 Å². The van der Waals surface area contributed by atoms with Crippen LogP contribution >= 0.6 is 0 Å². The highest BCUT2D eigenvalue weighted by molar-refractivity contribution is 5.95. The molecule has 3 rings (SSSR count). The lowest BCUT2D eigenvalue weighted by atomic mass is 9.67. The predicted molar refractivity (Wildman–Crippen MR) is 92.6 cm³/mol. The number of amides is 2. The minimum Gasteiger partial charge on any atom is -0.356 e. The highest BCUT2D eigenvalue weighted by atomic mass is 16.2. The van der Waals surface area contributed by atoms with Crippen LogP contribution in [-0.2, 0) is 4.79 Å². The molecule has 2 heterocycles. The topological polar surface area (TPSA) is 62.3 Å². The second kappa shape index (κ2) is 6.91. The number of aromatic nitrogens is 1. The lowest BCUT2D eigenvalue weighted by Gasteiger charge is -2.38. The smallest absolute Gasteiger partial charge is 0.255 e. The predicted octanol–water partition coefficient (Wildman–Crippen LogP) is 2.55. The minimum atomic E-state index is 0.00818. The molecule has 1 saturated heterocycles.